The van der Waals surface area contributed by atoms with E-state index in [0.717, 1.165) is 31.0 Å². The fraction of sp³-hybridized carbons (Fsp3) is 0.571. The number of carbonyl (C=O) groups excluding carboxylic acids is 2. The van der Waals surface area contributed by atoms with Gasteiger partial charge in [-0.05, 0) is 6.42 Å². The molecule has 0 spiro atoms. The number of aryl methyl sites for hydroxylation is 1. The topological polar surface area (TPSA) is 80.1 Å². The lowest BCUT2D eigenvalue weighted by molar-refractivity contribution is -0.128. The maximum Gasteiger partial charge on any atom is 0.225 e. The van der Waals surface area contributed by atoms with Crippen molar-refractivity contribution in [1.82, 2.24) is 25.0 Å². The van der Waals surface area contributed by atoms with Gasteiger partial charge in [0.25, 0.3) is 0 Å². The summed E-state index contributed by atoms with van der Waals surface area (Å²) in [6.45, 7) is 5.88. The SMILES string of the molecule is C=CCN1CC(C(=O)NCc2nnc3n2CCC3)CC1=O. The minimum atomic E-state index is -0.279. The number of rotatable bonds is 5. The van der Waals surface area contributed by atoms with E-state index in [9.17, 15) is 9.59 Å². The van der Waals surface area contributed by atoms with Crippen molar-refractivity contribution < 1.29 is 9.59 Å². The molecule has 1 N–H and O–H groups in total. The summed E-state index contributed by atoms with van der Waals surface area (Å²) in [6.07, 6.45) is 3.99. The first kappa shape index (κ1) is 13.8. The molecule has 3 rings (SSSR count). The molecule has 21 heavy (non-hydrogen) atoms. The molecule has 1 saturated heterocycles. The third-order valence-electron chi connectivity index (χ3n) is 4.04. The number of nitrogens with zero attached hydrogens (tertiary/aromatic N) is 4. The van der Waals surface area contributed by atoms with E-state index in [1.165, 1.54) is 0 Å². The number of amides is 2. The van der Waals surface area contributed by atoms with Crippen LogP contribution in [0.25, 0.3) is 0 Å². The Balaban J connectivity index is 1.55. The van der Waals surface area contributed by atoms with Crippen LogP contribution in [-0.2, 0) is 29.1 Å². The van der Waals surface area contributed by atoms with Gasteiger partial charge in [-0.1, -0.05) is 6.08 Å². The number of fused-ring (bicyclic) bond motifs is 1. The maximum atomic E-state index is 12.2. The van der Waals surface area contributed by atoms with E-state index < -0.39 is 0 Å². The average molecular weight is 289 g/mol. The molecule has 2 amide bonds. The highest BCUT2D eigenvalue weighted by molar-refractivity contribution is 5.89. The van der Waals surface area contributed by atoms with Crippen LogP contribution >= 0.6 is 0 Å². The van der Waals surface area contributed by atoms with E-state index in [-0.39, 0.29) is 24.2 Å². The van der Waals surface area contributed by atoms with Gasteiger partial charge < -0.3 is 14.8 Å². The van der Waals surface area contributed by atoms with Crippen molar-refractivity contribution in [2.75, 3.05) is 13.1 Å². The normalized spacial score (nSPS) is 20.7. The van der Waals surface area contributed by atoms with Gasteiger partial charge in [0.15, 0.2) is 5.82 Å². The average Bonchev–Trinajstić information content (AvgIpc) is 3.14. The highest BCUT2D eigenvalue weighted by Gasteiger charge is 2.33. The van der Waals surface area contributed by atoms with Crippen molar-refractivity contribution >= 4 is 11.8 Å². The molecule has 0 aromatic carbocycles. The summed E-state index contributed by atoms with van der Waals surface area (Å²) in [5.41, 5.74) is 0. The first-order chi connectivity index (χ1) is 10.2. The summed E-state index contributed by atoms with van der Waals surface area (Å²) in [6, 6.07) is 0. The lowest BCUT2D eigenvalue weighted by atomic mass is 10.1. The fourth-order valence-corrected chi connectivity index (χ4v) is 2.93. The zero-order valence-electron chi connectivity index (χ0n) is 11.9. The van der Waals surface area contributed by atoms with Crippen molar-refractivity contribution in [1.29, 1.82) is 0 Å². The number of hydrogen-bond donors (Lipinski definition) is 1. The minimum absolute atomic E-state index is 0.0124. The van der Waals surface area contributed by atoms with E-state index in [0.29, 0.717) is 19.6 Å². The summed E-state index contributed by atoms with van der Waals surface area (Å²) in [4.78, 5) is 25.6. The highest BCUT2D eigenvalue weighted by atomic mass is 16.2. The van der Waals surface area contributed by atoms with Crippen LogP contribution in [0.5, 0.6) is 0 Å². The zero-order valence-corrected chi connectivity index (χ0v) is 11.9. The van der Waals surface area contributed by atoms with E-state index in [2.05, 4.69) is 26.7 Å². The second kappa shape index (κ2) is 5.67. The van der Waals surface area contributed by atoms with E-state index in [1.807, 2.05) is 0 Å². The molecule has 1 atom stereocenters. The Morgan fingerprint density at radius 2 is 2.33 bits per heavy atom. The molecule has 1 fully saturated rings. The Labute approximate surface area is 123 Å². The third kappa shape index (κ3) is 2.68. The zero-order chi connectivity index (χ0) is 14.8. The smallest absolute Gasteiger partial charge is 0.225 e. The van der Waals surface area contributed by atoms with E-state index >= 15 is 0 Å². The Morgan fingerprint density at radius 3 is 3.14 bits per heavy atom. The number of carbonyl (C=O) groups is 2. The van der Waals surface area contributed by atoms with Gasteiger partial charge in [-0.15, -0.1) is 16.8 Å². The predicted octanol–water partition coefficient (Wildman–Crippen LogP) is -0.125. The molecule has 0 radical (unpaired) electrons. The quantitative estimate of drug-likeness (QED) is 0.766. The van der Waals surface area contributed by atoms with Crippen molar-refractivity contribution in [2.24, 2.45) is 5.92 Å². The lowest BCUT2D eigenvalue weighted by Crippen LogP contribution is -2.33. The van der Waals surface area contributed by atoms with Crippen LogP contribution in [0.1, 0.15) is 24.5 Å². The number of aromatic nitrogens is 3. The molecule has 1 aromatic heterocycles. The highest BCUT2D eigenvalue weighted by Crippen LogP contribution is 2.18. The minimum Gasteiger partial charge on any atom is -0.348 e. The first-order valence-corrected chi connectivity index (χ1v) is 7.26. The number of nitrogens with one attached hydrogen (secondary N) is 1. The molecule has 0 bridgehead atoms. The molecular formula is C14H19N5O2. The molecule has 1 aromatic rings. The molecular weight excluding hydrogens is 270 g/mol. The molecule has 7 heteroatoms. The van der Waals surface area contributed by atoms with E-state index in [1.54, 1.807) is 11.0 Å². The Morgan fingerprint density at radius 1 is 1.48 bits per heavy atom. The molecule has 0 aliphatic carbocycles. The molecule has 1 unspecified atom stereocenters. The molecule has 2 aliphatic rings. The third-order valence-corrected chi connectivity index (χ3v) is 4.04. The van der Waals surface area contributed by atoms with Gasteiger partial charge in [-0.3, -0.25) is 9.59 Å². The molecule has 3 heterocycles. The van der Waals surface area contributed by atoms with Gasteiger partial charge in [-0.2, -0.15) is 0 Å². The van der Waals surface area contributed by atoms with Crippen molar-refractivity contribution in [3.05, 3.63) is 24.3 Å². The van der Waals surface area contributed by atoms with Crippen molar-refractivity contribution in [2.45, 2.75) is 32.4 Å². The van der Waals surface area contributed by atoms with Gasteiger partial charge in [0.2, 0.25) is 11.8 Å². The number of likely N-dealkylation sites (tertiary alicyclic amines) is 1. The van der Waals surface area contributed by atoms with Crippen LogP contribution in [-0.4, -0.2) is 44.6 Å². The first-order valence-electron chi connectivity index (χ1n) is 7.26. The maximum absolute atomic E-state index is 12.2. The molecule has 7 nitrogen and oxygen atoms in total. The Hall–Kier alpha value is -2.18. The Kier molecular flexibility index (Phi) is 3.72. The van der Waals surface area contributed by atoms with Crippen molar-refractivity contribution in [3.8, 4) is 0 Å². The lowest BCUT2D eigenvalue weighted by Gasteiger charge is -2.14. The summed E-state index contributed by atoms with van der Waals surface area (Å²) in [5.74, 6) is 1.43. The number of hydrogen-bond acceptors (Lipinski definition) is 4. The van der Waals surface area contributed by atoms with Gasteiger partial charge >= 0.3 is 0 Å². The molecule has 2 aliphatic heterocycles. The van der Waals surface area contributed by atoms with Gasteiger partial charge in [0.1, 0.15) is 5.82 Å². The second-order valence-corrected chi connectivity index (χ2v) is 5.49. The molecule has 0 saturated carbocycles. The van der Waals surface area contributed by atoms with Gasteiger partial charge in [0.05, 0.1) is 12.5 Å². The Bertz CT molecular complexity index is 580. The summed E-state index contributed by atoms with van der Waals surface area (Å²) >= 11 is 0. The van der Waals surface area contributed by atoms with Crippen LogP contribution in [0.15, 0.2) is 12.7 Å². The van der Waals surface area contributed by atoms with Crippen LogP contribution < -0.4 is 5.32 Å². The standard InChI is InChI=1S/C14H19N5O2/c1-2-5-18-9-10(7-13(18)20)14(21)15-8-12-17-16-11-4-3-6-19(11)12/h2,10H,1,3-9H2,(H,15,21). The monoisotopic (exact) mass is 289 g/mol. The second-order valence-electron chi connectivity index (χ2n) is 5.49. The van der Waals surface area contributed by atoms with E-state index in [4.69, 9.17) is 0 Å². The predicted molar refractivity (Wildman–Crippen MR) is 75.1 cm³/mol. The fourth-order valence-electron chi connectivity index (χ4n) is 2.93. The van der Waals surface area contributed by atoms with Crippen LogP contribution in [0, 0.1) is 5.92 Å². The van der Waals surface area contributed by atoms with Crippen LogP contribution in [0.2, 0.25) is 0 Å². The summed E-state index contributed by atoms with van der Waals surface area (Å²) in [5, 5.41) is 11.1. The largest absolute Gasteiger partial charge is 0.348 e. The summed E-state index contributed by atoms with van der Waals surface area (Å²) in [7, 11) is 0. The van der Waals surface area contributed by atoms with Gasteiger partial charge in [-0.25, -0.2) is 0 Å². The molecule has 112 valence electrons. The van der Waals surface area contributed by atoms with Crippen LogP contribution in [0.3, 0.4) is 0 Å². The summed E-state index contributed by atoms with van der Waals surface area (Å²) < 4.78 is 2.06. The van der Waals surface area contributed by atoms with Crippen LogP contribution in [0.4, 0.5) is 0 Å². The van der Waals surface area contributed by atoms with Gasteiger partial charge in [0, 0.05) is 32.5 Å². The van der Waals surface area contributed by atoms with Crippen molar-refractivity contribution in [3.63, 3.8) is 0 Å².